The van der Waals surface area contributed by atoms with Crippen LogP contribution in [0.3, 0.4) is 0 Å². The molecule has 2 aromatic carbocycles. The van der Waals surface area contributed by atoms with Crippen molar-refractivity contribution in [1.29, 1.82) is 0 Å². The Bertz CT molecular complexity index is 867. The summed E-state index contributed by atoms with van der Waals surface area (Å²) in [7, 11) is 0. The summed E-state index contributed by atoms with van der Waals surface area (Å²) in [5.41, 5.74) is 0.200. The second-order valence-electron chi connectivity index (χ2n) is 10.4. The number of aliphatic hydroxyl groups is 1. The van der Waals surface area contributed by atoms with Crippen molar-refractivity contribution >= 4 is 6.03 Å². The lowest BCUT2D eigenvalue weighted by atomic mass is 9.77. The molecule has 2 amide bonds. The van der Waals surface area contributed by atoms with Gasteiger partial charge in [0.05, 0.1) is 19.3 Å². The molecular weight excluding hydrogens is 440 g/mol. The molecule has 6 nitrogen and oxygen atoms in total. The van der Waals surface area contributed by atoms with E-state index in [2.05, 4.69) is 24.5 Å². The maximum Gasteiger partial charge on any atom is 0.315 e. The van der Waals surface area contributed by atoms with E-state index in [1.54, 1.807) is 0 Å². The molecule has 1 saturated carbocycles. The highest BCUT2D eigenvalue weighted by Crippen LogP contribution is 2.36. The molecule has 2 aliphatic rings. The molecule has 2 aromatic rings. The Kier molecular flexibility index (Phi) is 8.82. The summed E-state index contributed by atoms with van der Waals surface area (Å²) in [6.07, 6.45) is 5.53. The van der Waals surface area contributed by atoms with Crippen LogP contribution in [0.1, 0.15) is 63.5 Å². The fourth-order valence-corrected chi connectivity index (χ4v) is 5.50. The molecule has 190 valence electrons. The molecule has 0 unspecified atom stereocenters. The summed E-state index contributed by atoms with van der Waals surface area (Å²) >= 11 is 0. The lowest BCUT2D eigenvalue weighted by Gasteiger charge is -2.39. The van der Waals surface area contributed by atoms with Gasteiger partial charge in [0.1, 0.15) is 5.60 Å². The molecule has 1 atom stereocenters. The van der Waals surface area contributed by atoms with Crippen molar-refractivity contribution in [3.63, 3.8) is 0 Å². The molecule has 1 aliphatic heterocycles. The van der Waals surface area contributed by atoms with Crippen LogP contribution in [0.4, 0.5) is 4.79 Å². The maximum absolute atomic E-state index is 13.2. The van der Waals surface area contributed by atoms with Crippen LogP contribution in [0, 0.1) is 11.8 Å². The van der Waals surface area contributed by atoms with Gasteiger partial charge < -0.3 is 25.2 Å². The summed E-state index contributed by atoms with van der Waals surface area (Å²) in [5, 5.41) is 18.6. The zero-order valence-electron chi connectivity index (χ0n) is 21.0. The first kappa shape index (κ1) is 25.7. The Hall–Kier alpha value is -2.41. The number of urea groups is 1. The van der Waals surface area contributed by atoms with Gasteiger partial charge in [0, 0.05) is 12.5 Å². The van der Waals surface area contributed by atoms with Crippen LogP contribution in [0.2, 0.25) is 0 Å². The van der Waals surface area contributed by atoms with Gasteiger partial charge in [0.15, 0.2) is 6.29 Å². The van der Waals surface area contributed by atoms with Crippen LogP contribution in [-0.4, -0.2) is 42.7 Å². The van der Waals surface area contributed by atoms with Crippen LogP contribution in [0.15, 0.2) is 60.7 Å². The van der Waals surface area contributed by atoms with E-state index < -0.39 is 11.6 Å². The molecule has 6 heteroatoms. The first-order chi connectivity index (χ1) is 16.9. The number of carbonyl (C=O) groups is 1. The van der Waals surface area contributed by atoms with E-state index in [1.165, 1.54) is 0 Å². The van der Waals surface area contributed by atoms with Crippen LogP contribution in [0.25, 0.3) is 0 Å². The zero-order chi connectivity index (χ0) is 24.7. The molecule has 0 spiro atoms. The lowest BCUT2D eigenvalue weighted by molar-refractivity contribution is -0.0601. The van der Waals surface area contributed by atoms with Crippen LogP contribution < -0.4 is 10.6 Å². The first-order valence-electron chi connectivity index (χ1n) is 13.1. The predicted octanol–water partition coefficient (Wildman–Crippen LogP) is 4.96. The van der Waals surface area contributed by atoms with Crippen molar-refractivity contribution < 1.29 is 19.4 Å². The fraction of sp³-hybridized carbons (Fsp3) is 0.552. The van der Waals surface area contributed by atoms with Gasteiger partial charge in [0.25, 0.3) is 0 Å². The molecule has 1 aliphatic carbocycles. The molecule has 1 heterocycles. The maximum atomic E-state index is 13.2. The van der Waals surface area contributed by atoms with Crippen LogP contribution in [0.5, 0.6) is 0 Å². The summed E-state index contributed by atoms with van der Waals surface area (Å²) in [6.45, 7) is 5.61. The largest absolute Gasteiger partial charge is 0.378 e. The zero-order valence-corrected chi connectivity index (χ0v) is 21.0. The van der Waals surface area contributed by atoms with Crippen molar-refractivity contribution in [1.82, 2.24) is 10.6 Å². The monoisotopic (exact) mass is 480 g/mol. The number of amides is 2. The van der Waals surface area contributed by atoms with Gasteiger partial charge in [-0.15, -0.1) is 0 Å². The standard InChI is InChI=1S/C29H40N2O4/c1-21(2)19-26(29(33,23-9-5-3-6-10-23)24-11-7-4-8-12-24)31-28(32)30-25-15-13-22(14-16-25)20-27-34-17-18-35-27/h3-12,21-22,25-27,33H,13-20H2,1-2H3,(H2,30,31,32)/t22?,25?,26-/m0/s1. The van der Waals surface area contributed by atoms with E-state index in [0.717, 1.165) is 43.2 Å². The van der Waals surface area contributed by atoms with Gasteiger partial charge in [-0.2, -0.15) is 0 Å². The Balaban J connectivity index is 1.43. The van der Waals surface area contributed by atoms with Gasteiger partial charge in [-0.3, -0.25) is 0 Å². The molecule has 0 bridgehead atoms. The highest BCUT2D eigenvalue weighted by molar-refractivity contribution is 5.75. The normalized spacial score (nSPS) is 22.2. The fourth-order valence-electron chi connectivity index (χ4n) is 5.50. The molecule has 2 fully saturated rings. The minimum absolute atomic E-state index is 0.0572. The van der Waals surface area contributed by atoms with Gasteiger partial charge >= 0.3 is 6.03 Å². The number of nitrogens with one attached hydrogen (secondary N) is 2. The number of hydrogen-bond donors (Lipinski definition) is 3. The average molecular weight is 481 g/mol. The molecule has 1 saturated heterocycles. The second-order valence-corrected chi connectivity index (χ2v) is 10.4. The van der Waals surface area contributed by atoms with Crippen molar-refractivity contribution in [2.45, 2.75) is 76.3 Å². The summed E-state index contributed by atoms with van der Waals surface area (Å²) in [5.74, 6) is 0.865. The average Bonchev–Trinajstić information content (AvgIpc) is 3.38. The summed E-state index contributed by atoms with van der Waals surface area (Å²) in [4.78, 5) is 13.2. The minimum Gasteiger partial charge on any atom is -0.378 e. The summed E-state index contributed by atoms with van der Waals surface area (Å²) < 4.78 is 11.2. The van der Waals surface area contributed by atoms with Crippen molar-refractivity contribution in [2.24, 2.45) is 11.8 Å². The molecule has 3 N–H and O–H groups in total. The molecule has 35 heavy (non-hydrogen) atoms. The Labute approximate surface area is 209 Å². The molecule has 0 radical (unpaired) electrons. The number of benzene rings is 2. The van der Waals surface area contributed by atoms with E-state index in [0.29, 0.717) is 25.6 Å². The molecular formula is C29H40N2O4. The smallest absolute Gasteiger partial charge is 0.315 e. The van der Waals surface area contributed by atoms with Crippen molar-refractivity contribution in [3.05, 3.63) is 71.8 Å². The third kappa shape index (κ3) is 6.63. The highest BCUT2D eigenvalue weighted by atomic mass is 16.7. The number of carbonyl (C=O) groups excluding carboxylic acids is 1. The van der Waals surface area contributed by atoms with E-state index >= 15 is 0 Å². The lowest BCUT2D eigenvalue weighted by Crippen LogP contribution is -2.56. The SMILES string of the molecule is CC(C)C[C@H](NC(=O)NC1CCC(CC2OCCO2)CC1)C(O)(c1ccccc1)c1ccccc1. The van der Waals surface area contributed by atoms with E-state index in [-0.39, 0.29) is 24.3 Å². The third-order valence-corrected chi connectivity index (χ3v) is 7.34. The Morgan fingerprint density at radius 2 is 1.49 bits per heavy atom. The Morgan fingerprint density at radius 1 is 0.943 bits per heavy atom. The molecule has 4 rings (SSSR count). The Morgan fingerprint density at radius 3 is 2.00 bits per heavy atom. The van der Waals surface area contributed by atoms with Crippen LogP contribution >= 0.6 is 0 Å². The quantitative estimate of drug-likeness (QED) is 0.474. The number of ether oxygens (including phenoxy) is 2. The third-order valence-electron chi connectivity index (χ3n) is 7.34. The summed E-state index contributed by atoms with van der Waals surface area (Å²) in [6, 6.07) is 18.7. The van der Waals surface area contributed by atoms with Gasteiger partial charge in [-0.05, 0) is 55.1 Å². The minimum atomic E-state index is -1.34. The number of hydrogen-bond acceptors (Lipinski definition) is 4. The van der Waals surface area contributed by atoms with Crippen LogP contribution in [-0.2, 0) is 15.1 Å². The second kappa shape index (κ2) is 12.0. The van der Waals surface area contributed by atoms with Gasteiger partial charge in [0.2, 0.25) is 0 Å². The highest BCUT2D eigenvalue weighted by Gasteiger charge is 2.41. The van der Waals surface area contributed by atoms with Gasteiger partial charge in [-0.1, -0.05) is 74.5 Å². The van der Waals surface area contributed by atoms with E-state index in [4.69, 9.17) is 9.47 Å². The molecule has 0 aromatic heterocycles. The van der Waals surface area contributed by atoms with Crippen molar-refractivity contribution in [2.75, 3.05) is 13.2 Å². The van der Waals surface area contributed by atoms with E-state index in [1.807, 2.05) is 60.7 Å². The number of rotatable bonds is 9. The van der Waals surface area contributed by atoms with E-state index in [9.17, 15) is 9.90 Å². The predicted molar refractivity (Wildman–Crippen MR) is 137 cm³/mol. The van der Waals surface area contributed by atoms with Crippen molar-refractivity contribution in [3.8, 4) is 0 Å². The first-order valence-corrected chi connectivity index (χ1v) is 13.1. The topological polar surface area (TPSA) is 79.8 Å². The van der Waals surface area contributed by atoms with Gasteiger partial charge in [-0.25, -0.2) is 4.79 Å².